The van der Waals surface area contributed by atoms with Gasteiger partial charge in [0.15, 0.2) is 0 Å². The highest BCUT2D eigenvalue weighted by atomic mass is 16.4. The predicted molar refractivity (Wildman–Crippen MR) is 66.7 cm³/mol. The molecule has 80 valence electrons. The number of rotatable bonds is 2. The molecule has 1 aliphatic carbocycles. The first-order valence-corrected chi connectivity index (χ1v) is 5.15. The van der Waals surface area contributed by atoms with Crippen LogP contribution in [0.15, 0.2) is 59.8 Å². The normalized spacial score (nSPS) is 17.2. The van der Waals surface area contributed by atoms with E-state index in [0.717, 1.165) is 22.3 Å². The summed E-state index contributed by atoms with van der Waals surface area (Å²) in [5, 5.41) is 12.4. The lowest BCUT2D eigenvalue weighted by Gasteiger charge is -1.98. The molecule has 0 spiro atoms. The third-order valence-corrected chi connectivity index (χ3v) is 2.66. The highest BCUT2D eigenvalue weighted by Gasteiger charge is 2.24. The van der Waals surface area contributed by atoms with Gasteiger partial charge < -0.3 is 5.21 Å². The maximum absolute atomic E-state index is 9.08. The molecule has 16 heavy (non-hydrogen) atoms. The number of allylic oxidation sites excluding steroid dienone is 5. The topological polar surface area (TPSA) is 32.6 Å². The molecule has 0 aromatic heterocycles. The third kappa shape index (κ3) is 1.39. The summed E-state index contributed by atoms with van der Waals surface area (Å²) in [5.74, 6) is 0. The molecule has 1 aromatic rings. The second-order valence-corrected chi connectivity index (χ2v) is 3.53. The number of benzene rings is 1. The lowest BCUT2D eigenvalue weighted by molar-refractivity contribution is 0.319. The number of hydrogen-bond donors (Lipinski definition) is 1. The molecule has 2 heteroatoms. The predicted octanol–water partition coefficient (Wildman–Crippen LogP) is 3.39. The Morgan fingerprint density at radius 2 is 1.88 bits per heavy atom. The van der Waals surface area contributed by atoms with Crippen LogP contribution in [-0.2, 0) is 0 Å². The molecule has 0 aliphatic heterocycles. The molecule has 0 unspecified atom stereocenters. The maximum atomic E-state index is 9.08. The van der Waals surface area contributed by atoms with Crippen molar-refractivity contribution in [2.75, 3.05) is 0 Å². The van der Waals surface area contributed by atoms with Gasteiger partial charge in [-0.25, -0.2) is 0 Å². The Labute approximate surface area is 94.9 Å². The van der Waals surface area contributed by atoms with Crippen LogP contribution in [0.2, 0.25) is 0 Å². The van der Waals surface area contributed by atoms with Crippen molar-refractivity contribution in [3.63, 3.8) is 0 Å². The van der Waals surface area contributed by atoms with E-state index in [1.165, 1.54) is 0 Å². The molecular weight excluding hydrogens is 198 g/mol. The minimum atomic E-state index is 0.596. The first-order chi connectivity index (χ1) is 7.83. The Hall–Kier alpha value is -2.09. The van der Waals surface area contributed by atoms with Crippen LogP contribution in [0.3, 0.4) is 0 Å². The van der Waals surface area contributed by atoms with Crippen LogP contribution in [0.5, 0.6) is 0 Å². The van der Waals surface area contributed by atoms with E-state index in [2.05, 4.69) is 11.7 Å². The Balaban J connectivity index is 2.74. The van der Waals surface area contributed by atoms with Crippen LogP contribution >= 0.6 is 0 Å². The molecule has 0 saturated carbocycles. The largest absolute Gasteiger partial charge is 0.410 e. The van der Waals surface area contributed by atoms with E-state index >= 15 is 0 Å². The van der Waals surface area contributed by atoms with Gasteiger partial charge in [-0.05, 0) is 18.1 Å². The number of nitrogens with zero attached hydrogens (tertiary/aromatic N) is 1. The van der Waals surface area contributed by atoms with Gasteiger partial charge in [-0.15, -0.1) is 0 Å². The van der Waals surface area contributed by atoms with Crippen molar-refractivity contribution >= 4 is 11.3 Å². The molecule has 0 heterocycles. The van der Waals surface area contributed by atoms with E-state index in [4.69, 9.17) is 5.21 Å². The van der Waals surface area contributed by atoms with Crippen LogP contribution < -0.4 is 0 Å². The molecule has 2 rings (SSSR count). The number of fused-ring (bicyclic) bond motifs is 1. The van der Waals surface area contributed by atoms with Crippen molar-refractivity contribution in [2.45, 2.75) is 6.92 Å². The Morgan fingerprint density at radius 3 is 2.44 bits per heavy atom. The molecule has 0 radical (unpaired) electrons. The molecule has 0 amide bonds. The summed E-state index contributed by atoms with van der Waals surface area (Å²) in [6, 6.07) is 7.88. The quantitative estimate of drug-likeness (QED) is 0.590. The van der Waals surface area contributed by atoms with E-state index in [0.29, 0.717) is 5.71 Å². The fourth-order valence-corrected chi connectivity index (χ4v) is 2.00. The number of oxime groups is 1. The van der Waals surface area contributed by atoms with Gasteiger partial charge in [0.2, 0.25) is 0 Å². The van der Waals surface area contributed by atoms with E-state index in [9.17, 15) is 0 Å². The molecule has 1 N–H and O–H groups in total. The van der Waals surface area contributed by atoms with Crippen LogP contribution in [-0.4, -0.2) is 10.9 Å². The number of hydrogen-bond acceptors (Lipinski definition) is 2. The Kier molecular flexibility index (Phi) is 2.73. The molecule has 0 atom stereocenters. The van der Waals surface area contributed by atoms with Gasteiger partial charge >= 0.3 is 0 Å². The molecule has 0 fully saturated rings. The van der Waals surface area contributed by atoms with Crippen molar-refractivity contribution < 1.29 is 5.21 Å². The van der Waals surface area contributed by atoms with Crippen molar-refractivity contribution in [1.82, 2.24) is 0 Å². The second-order valence-electron chi connectivity index (χ2n) is 3.53. The average molecular weight is 211 g/mol. The van der Waals surface area contributed by atoms with Gasteiger partial charge in [-0.2, -0.15) is 0 Å². The van der Waals surface area contributed by atoms with Gasteiger partial charge in [-0.3, -0.25) is 0 Å². The van der Waals surface area contributed by atoms with Crippen molar-refractivity contribution in [1.29, 1.82) is 0 Å². The molecule has 0 saturated heterocycles. The summed E-state index contributed by atoms with van der Waals surface area (Å²) < 4.78 is 0. The van der Waals surface area contributed by atoms with Crippen LogP contribution in [0, 0.1) is 0 Å². The smallest absolute Gasteiger partial charge is 0.118 e. The summed E-state index contributed by atoms with van der Waals surface area (Å²) in [5.41, 5.74) is 4.57. The van der Waals surface area contributed by atoms with Gasteiger partial charge in [-0.1, -0.05) is 54.2 Å². The van der Waals surface area contributed by atoms with Crippen LogP contribution in [0.1, 0.15) is 18.1 Å². The fraction of sp³-hybridized carbons (Fsp3) is 0.0714. The van der Waals surface area contributed by atoms with Crippen molar-refractivity contribution in [2.24, 2.45) is 5.16 Å². The molecular formula is C14H13NO. The Morgan fingerprint density at radius 1 is 1.19 bits per heavy atom. The van der Waals surface area contributed by atoms with Crippen LogP contribution in [0.4, 0.5) is 0 Å². The van der Waals surface area contributed by atoms with Crippen molar-refractivity contribution in [3.05, 3.63) is 65.8 Å². The van der Waals surface area contributed by atoms with Crippen molar-refractivity contribution in [3.8, 4) is 0 Å². The van der Waals surface area contributed by atoms with E-state index in [1.807, 2.05) is 43.3 Å². The molecule has 1 aliphatic rings. The minimum absolute atomic E-state index is 0.596. The SMILES string of the molecule is C=CC1=C(/C=C\C)c2ccccc2/C1=N/O. The first kappa shape index (κ1) is 10.4. The highest BCUT2D eigenvalue weighted by molar-refractivity contribution is 6.26. The molecule has 2 nitrogen and oxygen atoms in total. The molecule has 1 aromatic carbocycles. The summed E-state index contributed by atoms with van der Waals surface area (Å²) in [4.78, 5) is 0. The maximum Gasteiger partial charge on any atom is 0.118 e. The fourth-order valence-electron chi connectivity index (χ4n) is 2.00. The highest BCUT2D eigenvalue weighted by Crippen LogP contribution is 2.34. The van der Waals surface area contributed by atoms with Gasteiger partial charge in [0.1, 0.15) is 5.71 Å². The second kappa shape index (κ2) is 4.19. The Bertz CT molecular complexity index is 521. The summed E-state index contributed by atoms with van der Waals surface area (Å²) in [6.07, 6.45) is 5.70. The minimum Gasteiger partial charge on any atom is -0.410 e. The zero-order valence-corrected chi connectivity index (χ0v) is 9.14. The first-order valence-electron chi connectivity index (χ1n) is 5.15. The summed E-state index contributed by atoms with van der Waals surface area (Å²) >= 11 is 0. The monoisotopic (exact) mass is 211 g/mol. The van der Waals surface area contributed by atoms with E-state index in [-0.39, 0.29) is 0 Å². The van der Waals surface area contributed by atoms with Crippen LogP contribution in [0.25, 0.3) is 5.57 Å². The average Bonchev–Trinajstić information content (AvgIpc) is 2.63. The lowest BCUT2D eigenvalue weighted by atomic mass is 10.1. The summed E-state index contributed by atoms with van der Waals surface area (Å²) in [6.45, 7) is 5.74. The zero-order valence-electron chi connectivity index (χ0n) is 9.14. The lowest BCUT2D eigenvalue weighted by Crippen LogP contribution is -1.98. The zero-order chi connectivity index (χ0) is 11.5. The van der Waals surface area contributed by atoms with E-state index < -0.39 is 0 Å². The summed E-state index contributed by atoms with van der Waals surface area (Å²) in [7, 11) is 0. The third-order valence-electron chi connectivity index (χ3n) is 2.66. The standard InChI is InChI=1S/C14H13NO/c1-3-7-11-10(4-2)14(15-16)13-9-6-5-8-12(11)13/h3-9,16H,2H2,1H3/b7-3-,15-14+. The van der Waals surface area contributed by atoms with Gasteiger partial charge in [0, 0.05) is 11.1 Å². The van der Waals surface area contributed by atoms with E-state index in [1.54, 1.807) is 6.08 Å². The van der Waals surface area contributed by atoms with Gasteiger partial charge in [0.05, 0.1) is 0 Å². The molecule has 0 bridgehead atoms. The van der Waals surface area contributed by atoms with Gasteiger partial charge in [0.25, 0.3) is 0 Å².